The quantitative estimate of drug-likeness (QED) is 0.738. The van der Waals surface area contributed by atoms with E-state index in [9.17, 15) is 14.4 Å². The van der Waals surface area contributed by atoms with Crippen molar-refractivity contribution in [1.82, 2.24) is 15.3 Å². The molecule has 3 rings (SSSR count). The summed E-state index contributed by atoms with van der Waals surface area (Å²) in [5, 5.41) is 3.33. The van der Waals surface area contributed by atoms with E-state index in [0.717, 1.165) is 12.8 Å². The first-order chi connectivity index (χ1) is 12.0. The first-order valence-corrected chi connectivity index (χ1v) is 8.46. The summed E-state index contributed by atoms with van der Waals surface area (Å²) in [5.41, 5.74) is 0.352. The van der Waals surface area contributed by atoms with E-state index in [0.29, 0.717) is 22.6 Å². The first kappa shape index (κ1) is 17.1. The van der Waals surface area contributed by atoms with Crippen LogP contribution in [0.15, 0.2) is 29.1 Å². The molecule has 0 saturated heterocycles. The van der Waals surface area contributed by atoms with Crippen LogP contribution >= 0.6 is 0 Å². The van der Waals surface area contributed by atoms with Gasteiger partial charge in [-0.25, -0.2) is 4.98 Å². The number of esters is 1. The van der Waals surface area contributed by atoms with Gasteiger partial charge in [-0.1, -0.05) is 12.1 Å². The van der Waals surface area contributed by atoms with Gasteiger partial charge in [0.1, 0.15) is 5.82 Å². The highest BCUT2D eigenvalue weighted by molar-refractivity contribution is 5.81. The number of hydrogen-bond acceptors (Lipinski definition) is 5. The molecule has 25 heavy (non-hydrogen) atoms. The average molecular weight is 343 g/mol. The third-order valence-corrected chi connectivity index (χ3v) is 4.31. The highest BCUT2D eigenvalue weighted by Crippen LogP contribution is 2.32. The van der Waals surface area contributed by atoms with E-state index in [-0.39, 0.29) is 37.0 Å². The molecular weight excluding hydrogens is 322 g/mol. The lowest BCUT2D eigenvalue weighted by Crippen LogP contribution is -2.37. The predicted octanol–water partition coefficient (Wildman–Crippen LogP) is 1.31. The van der Waals surface area contributed by atoms with E-state index < -0.39 is 5.97 Å². The second-order valence-electron chi connectivity index (χ2n) is 6.38. The zero-order valence-corrected chi connectivity index (χ0v) is 14.1. The van der Waals surface area contributed by atoms with Crippen molar-refractivity contribution in [1.29, 1.82) is 0 Å². The average Bonchev–Trinajstić information content (AvgIpc) is 3.43. The summed E-state index contributed by atoms with van der Waals surface area (Å²) < 4.78 is 4.97. The summed E-state index contributed by atoms with van der Waals surface area (Å²) in [5.74, 6) is 0.193. The molecule has 1 fully saturated rings. The molecule has 1 atom stereocenters. The smallest absolute Gasteiger partial charge is 0.306 e. The molecule has 1 aromatic heterocycles. The molecule has 1 amide bonds. The standard InChI is InChI=1S/C18H21N3O4/c1-11(12-6-7-12)19-16(22)10-25-17(23)9-8-15-20-14-5-3-2-4-13(14)18(24)21-15/h2-5,11-12H,6-10H2,1H3,(H,19,22)(H,20,21,24)/t11-/m1/s1. The second-order valence-corrected chi connectivity index (χ2v) is 6.38. The first-order valence-electron chi connectivity index (χ1n) is 8.46. The summed E-state index contributed by atoms with van der Waals surface area (Å²) in [6.45, 7) is 1.68. The minimum Gasteiger partial charge on any atom is -0.456 e. The van der Waals surface area contributed by atoms with Crippen LogP contribution in [-0.4, -0.2) is 34.5 Å². The van der Waals surface area contributed by atoms with Crippen molar-refractivity contribution in [2.24, 2.45) is 5.92 Å². The number of nitrogens with zero attached hydrogens (tertiary/aromatic N) is 1. The van der Waals surface area contributed by atoms with Crippen LogP contribution in [0.5, 0.6) is 0 Å². The molecule has 0 bridgehead atoms. The number of hydrogen-bond donors (Lipinski definition) is 2. The summed E-state index contributed by atoms with van der Waals surface area (Å²) in [7, 11) is 0. The lowest BCUT2D eigenvalue weighted by molar-refractivity contribution is -0.148. The van der Waals surface area contributed by atoms with E-state index in [4.69, 9.17) is 4.74 Å². The number of nitrogens with one attached hydrogen (secondary N) is 2. The number of benzene rings is 1. The topological polar surface area (TPSA) is 101 Å². The Kier molecular flexibility index (Phi) is 5.11. The fourth-order valence-corrected chi connectivity index (χ4v) is 2.70. The van der Waals surface area contributed by atoms with Crippen LogP contribution in [0.4, 0.5) is 0 Å². The maximum absolute atomic E-state index is 12.0. The number of aromatic nitrogens is 2. The minimum atomic E-state index is -0.495. The fourth-order valence-electron chi connectivity index (χ4n) is 2.70. The Morgan fingerprint density at radius 3 is 2.88 bits per heavy atom. The van der Waals surface area contributed by atoms with E-state index >= 15 is 0 Å². The van der Waals surface area contributed by atoms with Crippen LogP contribution in [0.2, 0.25) is 0 Å². The van der Waals surface area contributed by atoms with Crippen LogP contribution in [0, 0.1) is 5.92 Å². The molecule has 1 aromatic carbocycles. The Morgan fingerprint density at radius 2 is 2.12 bits per heavy atom. The van der Waals surface area contributed by atoms with Crippen molar-refractivity contribution in [3.8, 4) is 0 Å². The molecule has 1 heterocycles. The molecule has 0 unspecified atom stereocenters. The second kappa shape index (κ2) is 7.46. The maximum atomic E-state index is 12.0. The lowest BCUT2D eigenvalue weighted by Gasteiger charge is -2.12. The zero-order valence-electron chi connectivity index (χ0n) is 14.1. The number of carbonyl (C=O) groups is 2. The summed E-state index contributed by atoms with van der Waals surface area (Å²) in [6.07, 6.45) is 2.57. The van der Waals surface area contributed by atoms with E-state index in [1.807, 2.05) is 6.92 Å². The SMILES string of the molecule is C[C@@H](NC(=O)COC(=O)CCc1nc2ccccc2c(=O)[nH]1)C1CC1. The number of aromatic amines is 1. The van der Waals surface area contributed by atoms with Gasteiger partial charge in [0.25, 0.3) is 11.5 Å². The Hall–Kier alpha value is -2.70. The summed E-state index contributed by atoms with van der Waals surface area (Å²) in [4.78, 5) is 42.4. The van der Waals surface area contributed by atoms with Gasteiger partial charge in [-0.15, -0.1) is 0 Å². The highest BCUT2D eigenvalue weighted by Gasteiger charge is 2.28. The minimum absolute atomic E-state index is 0.0484. The van der Waals surface area contributed by atoms with Crippen LogP contribution in [0.3, 0.4) is 0 Å². The van der Waals surface area contributed by atoms with Crippen molar-refractivity contribution in [2.45, 2.75) is 38.6 Å². The number of ether oxygens (including phenoxy) is 1. The number of H-pyrrole nitrogens is 1. The molecule has 7 nitrogen and oxygen atoms in total. The van der Waals surface area contributed by atoms with E-state index in [1.54, 1.807) is 24.3 Å². The molecule has 7 heteroatoms. The van der Waals surface area contributed by atoms with Gasteiger partial charge in [0, 0.05) is 12.5 Å². The Morgan fingerprint density at radius 1 is 1.36 bits per heavy atom. The van der Waals surface area contributed by atoms with Crippen molar-refractivity contribution in [2.75, 3.05) is 6.61 Å². The Balaban J connectivity index is 1.47. The molecule has 1 aliphatic carbocycles. The molecule has 0 radical (unpaired) electrons. The number of rotatable bonds is 7. The number of carbonyl (C=O) groups excluding carboxylic acids is 2. The third kappa shape index (κ3) is 4.65. The van der Waals surface area contributed by atoms with Crippen LogP contribution in [-0.2, 0) is 20.7 Å². The summed E-state index contributed by atoms with van der Waals surface area (Å²) >= 11 is 0. The van der Waals surface area contributed by atoms with Gasteiger partial charge < -0.3 is 15.0 Å². The number of fused-ring (bicyclic) bond motifs is 1. The Bertz CT molecular complexity index is 842. The molecule has 0 spiro atoms. The monoisotopic (exact) mass is 343 g/mol. The molecule has 1 saturated carbocycles. The largest absolute Gasteiger partial charge is 0.456 e. The molecule has 0 aliphatic heterocycles. The maximum Gasteiger partial charge on any atom is 0.306 e. The van der Waals surface area contributed by atoms with Crippen molar-refractivity contribution < 1.29 is 14.3 Å². The van der Waals surface area contributed by atoms with Gasteiger partial charge in [0.05, 0.1) is 17.3 Å². The van der Waals surface area contributed by atoms with Crippen LogP contribution in [0.25, 0.3) is 10.9 Å². The van der Waals surface area contributed by atoms with Gasteiger partial charge in [0.2, 0.25) is 0 Å². The normalized spacial score (nSPS) is 14.9. The van der Waals surface area contributed by atoms with Crippen molar-refractivity contribution in [3.63, 3.8) is 0 Å². The zero-order chi connectivity index (χ0) is 17.8. The van der Waals surface area contributed by atoms with E-state index in [2.05, 4.69) is 15.3 Å². The predicted molar refractivity (Wildman–Crippen MR) is 92.0 cm³/mol. The fraction of sp³-hybridized carbons (Fsp3) is 0.444. The molecule has 2 N–H and O–H groups in total. The molecule has 132 valence electrons. The molecule has 1 aliphatic rings. The van der Waals surface area contributed by atoms with Crippen molar-refractivity contribution >= 4 is 22.8 Å². The number of amides is 1. The van der Waals surface area contributed by atoms with Crippen LogP contribution < -0.4 is 10.9 Å². The number of aryl methyl sites for hydroxylation is 1. The molecular formula is C18H21N3O4. The van der Waals surface area contributed by atoms with Gasteiger partial charge in [0.15, 0.2) is 6.61 Å². The van der Waals surface area contributed by atoms with E-state index in [1.165, 1.54) is 0 Å². The Labute approximate surface area is 144 Å². The number of para-hydroxylation sites is 1. The van der Waals surface area contributed by atoms with Crippen LogP contribution in [0.1, 0.15) is 32.0 Å². The highest BCUT2D eigenvalue weighted by atomic mass is 16.5. The third-order valence-electron chi connectivity index (χ3n) is 4.31. The van der Waals surface area contributed by atoms with Crippen molar-refractivity contribution in [3.05, 3.63) is 40.4 Å². The van der Waals surface area contributed by atoms with Gasteiger partial charge in [-0.05, 0) is 37.8 Å². The van der Waals surface area contributed by atoms with Gasteiger partial charge in [-0.2, -0.15) is 0 Å². The van der Waals surface area contributed by atoms with Gasteiger partial charge >= 0.3 is 5.97 Å². The lowest BCUT2D eigenvalue weighted by atomic mass is 10.2. The van der Waals surface area contributed by atoms with Gasteiger partial charge in [-0.3, -0.25) is 14.4 Å². The molecule has 2 aromatic rings. The summed E-state index contributed by atoms with van der Waals surface area (Å²) in [6, 6.07) is 7.13.